The van der Waals surface area contributed by atoms with Crippen LogP contribution in [0.2, 0.25) is 0 Å². The second kappa shape index (κ2) is 8.93. The molecular formula is C21H28F3NO3. The first-order chi connectivity index (χ1) is 13.3. The third-order valence-corrected chi connectivity index (χ3v) is 5.95. The Hall–Kier alpha value is -1.44. The number of aryl methyl sites for hydroxylation is 1. The maximum atomic E-state index is 13.2. The van der Waals surface area contributed by atoms with Crippen molar-refractivity contribution in [2.75, 3.05) is 26.3 Å². The van der Waals surface area contributed by atoms with E-state index in [1.54, 1.807) is 6.92 Å². The van der Waals surface area contributed by atoms with Crippen molar-refractivity contribution in [1.29, 1.82) is 0 Å². The molecule has 0 saturated carbocycles. The fourth-order valence-electron chi connectivity index (χ4n) is 4.57. The molecule has 1 unspecified atom stereocenters. The van der Waals surface area contributed by atoms with Gasteiger partial charge in [0.25, 0.3) is 0 Å². The number of ether oxygens (including phenoxy) is 1. The van der Waals surface area contributed by atoms with Gasteiger partial charge in [-0.25, -0.2) is 0 Å². The Bertz CT molecular complexity index is 674. The normalized spacial score (nSPS) is 23.9. The molecule has 0 spiro atoms. The van der Waals surface area contributed by atoms with Crippen LogP contribution in [0.25, 0.3) is 0 Å². The molecule has 1 aromatic rings. The zero-order valence-corrected chi connectivity index (χ0v) is 16.2. The lowest BCUT2D eigenvalue weighted by Crippen LogP contribution is -2.45. The highest BCUT2D eigenvalue weighted by Gasteiger charge is 2.36. The summed E-state index contributed by atoms with van der Waals surface area (Å²) < 4.78 is 45.1. The van der Waals surface area contributed by atoms with Gasteiger partial charge >= 0.3 is 6.18 Å². The summed E-state index contributed by atoms with van der Waals surface area (Å²) in [4.78, 5) is 15.5. The van der Waals surface area contributed by atoms with Crippen molar-refractivity contribution in [1.82, 2.24) is 4.90 Å². The second-order valence-electron chi connectivity index (χ2n) is 7.74. The van der Waals surface area contributed by atoms with E-state index in [-0.39, 0.29) is 35.3 Å². The molecule has 0 amide bonds. The van der Waals surface area contributed by atoms with E-state index in [2.05, 4.69) is 4.90 Å². The summed E-state index contributed by atoms with van der Waals surface area (Å²) in [5, 5.41) is 9.66. The van der Waals surface area contributed by atoms with Gasteiger partial charge in [0, 0.05) is 30.6 Å². The number of carbonyl (C=O) groups excluding carboxylic acids is 1. The largest absolute Gasteiger partial charge is 0.416 e. The number of benzene rings is 1. The molecule has 4 nitrogen and oxygen atoms in total. The van der Waals surface area contributed by atoms with E-state index in [1.807, 2.05) is 0 Å². The summed E-state index contributed by atoms with van der Waals surface area (Å²) >= 11 is 0. The van der Waals surface area contributed by atoms with Crippen LogP contribution in [0.3, 0.4) is 0 Å². The Kier molecular flexibility index (Phi) is 6.78. The summed E-state index contributed by atoms with van der Waals surface area (Å²) in [6, 6.07) is 2.22. The molecule has 0 radical (unpaired) electrons. The SMILES string of the molecule is CCc1cc(C(F)(F)F)cc(CO)c1C(=O)C[C@@H]1COCCC1N1CCCC1. The molecule has 156 valence electrons. The van der Waals surface area contributed by atoms with Crippen molar-refractivity contribution in [3.05, 3.63) is 34.4 Å². The molecule has 28 heavy (non-hydrogen) atoms. The summed E-state index contributed by atoms with van der Waals surface area (Å²) in [5.41, 5.74) is -0.158. The van der Waals surface area contributed by atoms with Gasteiger partial charge in [-0.05, 0) is 62.0 Å². The van der Waals surface area contributed by atoms with Crippen LogP contribution in [-0.2, 0) is 23.9 Å². The number of nitrogens with zero attached hydrogens (tertiary/aromatic N) is 1. The fraction of sp³-hybridized carbons (Fsp3) is 0.667. The van der Waals surface area contributed by atoms with Crippen molar-refractivity contribution in [2.45, 2.75) is 57.9 Å². The molecule has 2 fully saturated rings. The minimum absolute atomic E-state index is 0.0258. The van der Waals surface area contributed by atoms with Gasteiger partial charge in [0.2, 0.25) is 0 Å². The van der Waals surface area contributed by atoms with Crippen LogP contribution in [0, 0.1) is 5.92 Å². The Morgan fingerprint density at radius 3 is 2.54 bits per heavy atom. The first kappa shape index (κ1) is 21.3. The number of carbonyl (C=O) groups is 1. The lowest BCUT2D eigenvalue weighted by molar-refractivity contribution is -0.137. The molecule has 1 aromatic carbocycles. The van der Waals surface area contributed by atoms with Gasteiger partial charge in [-0.1, -0.05) is 6.92 Å². The lowest BCUT2D eigenvalue weighted by Gasteiger charge is -2.37. The van der Waals surface area contributed by atoms with Gasteiger partial charge < -0.3 is 9.84 Å². The predicted molar refractivity (Wildman–Crippen MR) is 99.2 cm³/mol. The molecule has 2 heterocycles. The molecular weight excluding hydrogens is 371 g/mol. The van der Waals surface area contributed by atoms with Crippen LogP contribution >= 0.6 is 0 Å². The van der Waals surface area contributed by atoms with E-state index in [9.17, 15) is 23.1 Å². The summed E-state index contributed by atoms with van der Waals surface area (Å²) in [7, 11) is 0. The molecule has 2 atom stereocenters. The number of aliphatic hydroxyl groups excluding tert-OH is 1. The maximum absolute atomic E-state index is 13.2. The van der Waals surface area contributed by atoms with Gasteiger partial charge in [0.05, 0.1) is 18.8 Å². The summed E-state index contributed by atoms with van der Waals surface area (Å²) in [5.74, 6) is -0.174. The summed E-state index contributed by atoms with van der Waals surface area (Å²) in [6.07, 6.45) is -0.787. The highest BCUT2D eigenvalue weighted by atomic mass is 19.4. The first-order valence-corrected chi connectivity index (χ1v) is 10.0. The predicted octanol–water partition coefficient (Wildman–Crippen LogP) is 3.83. The molecule has 0 bridgehead atoms. The number of likely N-dealkylation sites (tertiary alicyclic amines) is 1. The highest BCUT2D eigenvalue weighted by molar-refractivity contribution is 5.99. The van der Waals surface area contributed by atoms with Crippen LogP contribution in [0.4, 0.5) is 13.2 Å². The molecule has 2 saturated heterocycles. The van der Waals surface area contributed by atoms with E-state index >= 15 is 0 Å². The zero-order chi connectivity index (χ0) is 20.3. The number of halogens is 3. The topological polar surface area (TPSA) is 49.8 Å². The number of hydrogen-bond acceptors (Lipinski definition) is 4. The smallest absolute Gasteiger partial charge is 0.392 e. The first-order valence-electron chi connectivity index (χ1n) is 10.0. The molecule has 3 rings (SSSR count). The molecule has 0 aliphatic carbocycles. The Morgan fingerprint density at radius 1 is 1.25 bits per heavy atom. The third-order valence-electron chi connectivity index (χ3n) is 5.95. The fourth-order valence-corrected chi connectivity index (χ4v) is 4.57. The molecule has 7 heteroatoms. The number of alkyl halides is 3. The number of aliphatic hydroxyl groups is 1. The maximum Gasteiger partial charge on any atom is 0.416 e. The number of hydrogen-bond donors (Lipinski definition) is 1. The quantitative estimate of drug-likeness (QED) is 0.739. The van der Waals surface area contributed by atoms with E-state index in [4.69, 9.17) is 4.74 Å². The van der Waals surface area contributed by atoms with Crippen molar-refractivity contribution in [3.63, 3.8) is 0 Å². The number of rotatable bonds is 6. The van der Waals surface area contributed by atoms with Crippen LogP contribution in [0.15, 0.2) is 12.1 Å². The van der Waals surface area contributed by atoms with Crippen LogP contribution in [0.5, 0.6) is 0 Å². The highest BCUT2D eigenvalue weighted by Crippen LogP contribution is 2.34. The number of Topliss-reactive ketones (excluding diaryl/α,β-unsaturated/α-hetero) is 1. The molecule has 1 N–H and O–H groups in total. The number of ketones is 1. The van der Waals surface area contributed by atoms with Crippen molar-refractivity contribution in [3.8, 4) is 0 Å². The van der Waals surface area contributed by atoms with Crippen molar-refractivity contribution < 1.29 is 27.8 Å². The Labute approximate surface area is 163 Å². The van der Waals surface area contributed by atoms with E-state index < -0.39 is 18.3 Å². The molecule has 2 aliphatic heterocycles. The average molecular weight is 399 g/mol. The summed E-state index contributed by atoms with van der Waals surface area (Å²) in [6.45, 7) is 4.35. The van der Waals surface area contributed by atoms with Gasteiger partial charge in [-0.2, -0.15) is 13.2 Å². The Balaban J connectivity index is 1.86. The van der Waals surface area contributed by atoms with E-state index in [0.29, 0.717) is 25.2 Å². The van der Waals surface area contributed by atoms with E-state index in [1.165, 1.54) is 0 Å². The minimum atomic E-state index is -4.51. The van der Waals surface area contributed by atoms with Gasteiger partial charge in [-0.3, -0.25) is 9.69 Å². The average Bonchev–Trinajstić information content (AvgIpc) is 3.21. The van der Waals surface area contributed by atoms with Crippen LogP contribution < -0.4 is 0 Å². The lowest BCUT2D eigenvalue weighted by atomic mass is 9.85. The molecule has 0 aromatic heterocycles. The van der Waals surface area contributed by atoms with Crippen molar-refractivity contribution in [2.24, 2.45) is 5.92 Å². The third kappa shape index (κ3) is 4.58. The molecule has 2 aliphatic rings. The van der Waals surface area contributed by atoms with Crippen LogP contribution in [0.1, 0.15) is 59.7 Å². The van der Waals surface area contributed by atoms with Gasteiger partial charge in [0.15, 0.2) is 5.78 Å². The monoisotopic (exact) mass is 399 g/mol. The zero-order valence-electron chi connectivity index (χ0n) is 16.2. The Morgan fingerprint density at radius 2 is 1.93 bits per heavy atom. The van der Waals surface area contributed by atoms with Crippen molar-refractivity contribution >= 4 is 5.78 Å². The standard InChI is InChI=1S/C21H28F3NO3/c1-2-14-9-17(21(22,23)24)10-15(12-26)20(14)19(27)11-16-13-28-8-5-18(16)25-6-3-4-7-25/h9-10,16,18,26H,2-8,11-13H2,1H3/t16-,18?/m1/s1. The second-order valence-corrected chi connectivity index (χ2v) is 7.74. The van der Waals surface area contributed by atoms with Gasteiger partial charge in [0.1, 0.15) is 0 Å². The van der Waals surface area contributed by atoms with Gasteiger partial charge in [-0.15, -0.1) is 0 Å². The van der Waals surface area contributed by atoms with Crippen LogP contribution in [-0.4, -0.2) is 48.1 Å². The van der Waals surface area contributed by atoms with E-state index in [0.717, 1.165) is 44.5 Å². The minimum Gasteiger partial charge on any atom is -0.392 e.